The van der Waals surface area contributed by atoms with Crippen LogP contribution < -0.4 is 15.6 Å². The Kier molecular flexibility index (Phi) is 5.43. The van der Waals surface area contributed by atoms with Crippen LogP contribution in [0.15, 0.2) is 17.1 Å². The van der Waals surface area contributed by atoms with Crippen LogP contribution in [0.1, 0.15) is 38.1 Å². The summed E-state index contributed by atoms with van der Waals surface area (Å²) in [6.07, 6.45) is 1.31. The van der Waals surface area contributed by atoms with E-state index in [1.807, 2.05) is 20.8 Å². The quantitative estimate of drug-likeness (QED) is 0.813. The molecular weight excluding hydrogens is 368 g/mol. The third-order valence-corrected chi connectivity index (χ3v) is 4.81. The Balaban J connectivity index is 2.36. The smallest absolute Gasteiger partial charge is 0.343 e. The van der Waals surface area contributed by atoms with Crippen molar-refractivity contribution in [2.24, 2.45) is 0 Å². The normalized spacial score (nSPS) is 15.1. The third kappa shape index (κ3) is 3.48. The van der Waals surface area contributed by atoms with Gasteiger partial charge in [-0.1, -0.05) is 0 Å². The van der Waals surface area contributed by atoms with Gasteiger partial charge in [-0.25, -0.2) is 13.6 Å². The zero-order chi connectivity index (χ0) is 20.6. The number of carbonyl (C=O) groups is 1. The van der Waals surface area contributed by atoms with E-state index in [2.05, 4.69) is 5.32 Å². The van der Waals surface area contributed by atoms with Crippen molar-refractivity contribution in [2.75, 3.05) is 37.7 Å². The highest BCUT2D eigenvalue weighted by atomic mass is 19.1. The highest BCUT2D eigenvalue weighted by Gasteiger charge is 2.28. The summed E-state index contributed by atoms with van der Waals surface area (Å²) in [5.41, 5.74) is -1.79. The maximum atomic E-state index is 15.6. The maximum Gasteiger partial charge on any atom is 0.343 e. The van der Waals surface area contributed by atoms with E-state index in [0.717, 1.165) is 6.07 Å². The molecule has 2 heterocycles. The zero-order valence-corrected chi connectivity index (χ0v) is 16.6. The predicted octanol–water partition coefficient (Wildman–Crippen LogP) is 2.62. The topological polar surface area (TPSA) is 63.6 Å². The van der Waals surface area contributed by atoms with Gasteiger partial charge in [0.25, 0.3) is 0 Å². The summed E-state index contributed by atoms with van der Waals surface area (Å²) < 4.78 is 36.9. The van der Waals surface area contributed by atoms with Gasteiger partial charge in [-0.2, -0.15) is 0 Å². The van der Waals surface area contributed by atoms with Crippen LogP contribution in [0.4, 0.5) is 14.5 Å². The Morgan fingerprint density at radius 2 is 1.89 bits per heavy atom. The number of pyridine rings is 1. The average molecular weight is 393 g/mol. The largest absolute Gasteiger partial charge is 0.462 e. The minimum absolute atomic E-state index is 0.0134. The fraction of sp³-hybridized carbons (Fsp3) is 0.500. The van der Waals surface area contributed by atoms with Gasteiger partial charge in [0.1, 0.15) is 17.1 Å². The SMILES string of the molecule is CCOC(=O)c1cn(C(C)(C)C)c2c(F)c(N3CCNCC3)c(F)cc2c1=O. The number of benzene rings is 1. The van der Waals surface area contributed by atoms with Gasteiger partial charge in [-0.05, 0) is 33.8 Å². The molecule has 1 fully saturated rings. The molecule has 1 N–H and O–H groups in total. The number of rotatable bonds is 3. The lowest BCUT2D eigenvalue weighted by Gasteiger charge is -2.32. The number of nitrogens with zero attached hydrogens (tertiary/aromatic N) is 2. The van der Waals surface area contributed by atoms with E-state index in [-0.39, 0.29) is 28.8 Å². The highest BCUT2D eigenvalue weighted by Crippen LogP contribution is 2.32. The molecule has 0 unspecified atom stereocenters. The number of carbonyl (C=O) groups excluding carboxylic acids is 1. The Morgan fingerprint density at radius 1 is 1.25 bits per heavy atom. The first-order valence-electron chi connectivity index (χ1n) is 9.37. The molecule has 0 radical (unpaired) electrons. The summed E-state index contributed by atoms with van der Waals surface area (Å²) in [4.78, 5) is 26.7. The Hall–Kier alpha value is -2.48. The molecule has 152 valence electrons. The molecule has 0 atom stereocenters. The summed E-state index contributed by atoms with van der Waals surface area (Å²) in [5.74, 6) is -2.41. The van der Waals surface area contributed by atoms with Crippen LogP contribution in [-0.4, -0.2) is 43.3 Å². The van der Waals surface area contributed by atoms with E-state index in [9.17, 15) is 14.0 Å². The maximum absolute atomic E-state index is 15.6. The fourth-order valence-electron chi connectivity index (χ4n) is 3.47. The van der Waals surface area contributed by atoms with Crippen molar-refractivity contribution < 1.29 is 18.3 Å². The van der Waals surface area contributed by atoms with Crippen molar-refractivity contribution in [2.45, 2.75) is 33.2 Å². The number of hydrogen-bond acceptors (Lipinski definition) is 5. The molecule has 6 nitrogen and oxygen atoms in total. The van der Waals surface area contributed by atoms with Gasteiger partial charge in [-0.3, -0.25) is 4.79 Å². The number of ether oxygens (including phenoxy) is 1. The predicted molar refractivity (Wildman–Crippen MR) is 104 cm³/mol. The van der Waals surface area contributed by atoms with Crippen LogP contribution in [0.3, 0.4) is 0 Å². The summed E-state index contributed by atoms with van der Waals surface area (Å²) in [6, 6.07) is 1.03. The molecule has 0 amide bonds. The number of piperazine rings is 1. The standard InChI is InChI=1S/C20H25F2N3O3/c1-5-28-19(27)13-11-25(20(2,3)4)16-12(18(13)26)10-14(21)17(15(16)22)24-8-6-23-7-9-24/h10-11,23H,5-9H2,1-4H3. The molecule has 3 rings (SSSR count). The number of fused-ring (bicyclic) bond motifs is 1. The molecule has 0 aliphatic carbocycles. The average Bonchev–Trinajstić information content (AvgIpc) is 2.62. The van der Waals surface area contributed by atoms with Crippen LogP contribution >= 0.6 is 0 Å². The minimum Gasteiger partial charge on any atom is -0.462 e. The van der Waals surface area contributed by atoms with E-state index in [4.69, 9.17) is 4.74 Å². The molecule has 28 heavy (non-hydrogen) atoms. The molecule has 0 saturated carbocycles. The van der Waals surface area contributed by atoms with Crippen molar-refractivity contribution >= 4 is 22.6 Å². The first-order chi connectivity index (χ1) is 13.2. The van der Waals surface area contributed by atoms with E-state index in [1.165, 1.54) is 10.8 Å². The molecule has 1 aromatic carbocycles. The summed E-state index contributed by atoms with van der Waals surface area (Å²) in [5, 5.41) is 2.97. The zero-order valence-electron chi connectivity index (χ0n) is 16.6. The number of nitrogens with one attached hydrogen (secondary N) is 1. The van der Waals surface area contributed by atoms with E-state index < -0.39 is 28.6 Å². The van der Waals surface area contributed by atoms with Gasteiger partial charge in [0.05, 0.1) is 17.5 Å². The van der Waals surface area contributed by atoms with Crippen molar-refractivity contribution in [3.8, 4) is 0 Å². The lowest BCUT2D eigenvalue weighted by atomic mass is 10.0. The van der Waals surface area contributed by atoms with Crippen molar-refractivity contribution in [1.82, 2.24) is 9.88 Å². The van der Waals surface area contributed by atoms with Crippen LogP contribution in [0.5, 0.6) is 0 Å². The van der Waals surface area contributed by atoms with E-state index in [1.54, 1.807) is 11.8 Å². The monoisotopic (exact) mass is 393 g/mol. The van der Waals surface area contributed by atoms with Crippen LogP contribution in [-0.2, 0) is 10.3 Å². The van der Waals surface area contributed by atoms with Crippen LogP contribution in [0, 0.1) is 11.6 Å². The minimum atomic E-state index is -0.814. The molecule has 1 aliphatic rings. The molecular formula is C20H25F2N3O3. The lowest BCUT2D eigenvalue weighted by molar-refractivity contribution is 0.0524. The van der Waals surface area contributed by atoms with Crippen LogP contribution in [0.25, 0.3) is 10.9 Å². The van der Waals surface area contributed by atoms with Gasteiger partial charge in [0.2, 0.25) is 5.43 Å². The van der Waals surface area contributed by atoms with E-state index in [0.29, 0.717) is 26.2 Å². The molecule has 8 heteroatoms. The van der Waals surface area contributed by atoms with Gasteiger partial charge in [0.15, 0.2) is 5.82 Å². The van der Waals surface area contributed by atoms with E-state index >= 15 is 4.39 Å². The number of aromatic nitrogens is 1. The number of esters is 1. The second-order valence-corrected chi connectivity index (χ2v) is 7.79. The van der Waals surface area contributed by atoms with Crippen molar-refractivity contribution in [3.63, 3.8) is 0 Å². The first kappa shape index (κ1) is 20.3. The summed E-state index contributed by atoms with van der Waals surface area (Å²) >= 11 is 0. The number of hydrogen-bond donors (Lipinski definition) is 1. The molecule has 1 saturated heterocycles. The molecule has 1 aromatic heterocycles. The Morgan fingerprint density at radius 3 is 2.46 bits per heavy atom. The molecule has 2 aromatic rings. The fourth-order valence-corrected chi connectivity index (χ4v) is 3.47. The molecule has 0 bridgehead atoms. The van der Waals surface area contributed by atoms with Gasteiger partial charge < -0.3 is 19.5 Å². The molecule has 0 spiro atoms. The van der Waals surface area contributed by atoms with Crippen molar-refractivity contribution in [1.29, 1.82) is 0 Å². The number of halogens is 2. The van der Waals surface area contributed by atoms with Crippen LogP contribution in [0.2, 0.25) is 0 Å². The van der Waals surface area contributed by atoms with Gasteiger partial charge >= 0.3 is 5.97 Å². The highest BCUT2D eigenvalue weighted by molar-refractivity contribution is 5.95. The van der Waals surface area contributed by atoms with Crippen molar-refractivity contribution in [3.05, 3.63) is 39.7 Å². The first-order valence-corrected chi connectivity index (χ1v) is 9.37. The lowest BCUT2D eigenvalue weighted by Crippen LogP contribution is -2.44. The number of anilines is 1. The Bertz CT molecular complexity index is 974. The Labute approximate surface area is 162 Å². The summed E-state index contributed by atoms with van der Waals surface area (Å²) in [7, 11) is 0. The summed E-state index contributed by atoms with van der Waals surface area (Å²) in [6.45, 7) is 9.32. The molecule has 1 aliphatic heterocycles. The second kappa shape index (κ2) is 7.50. The van der Waals surface area contributed by atoms with Gasteiger partial charge in [-0.15, -0.1) is 0 Å². The second-order valence-electron chi connectivity index (χ2n) is 7.79. The third-order valence-electron chi connectivity index (χ3n) is 4.81. The van der Waals surface area contributed by atoms with Gasteiger partial charge in [0, 0.05) is 37.9 Å².